The van der Waals surface area contributed by atoms with E-state index in [1.165, 1.54) is 30.6 Å². The third kappa shape index (κ3) is 3.46. The zero-order valence-corrected chi connectivity index (χ0v) is 11.5. The van der Waals surface area contributed by atoms with Gasteiger partial charge in [0, 0.05) is 28.6 Å². The van der Waals surface area contributed by atoms with Crippen molar-refractivity contribution in [2.75, 3.05) is 7.05 Å². The molecule has 2 nitrogen and oxygen atoms in total. The number of thioether (sulfide) groups is 1. The first kappa shape index (κ1) is 12.9. The Hall–Kier alpha value is -0.540. The molecule has 2 rings (SSSR count). The fourth-order valence-electron chi connectivity index (χ4n) is 2.63. The molecule has 94 valence electrons. The van der Waals surface area contributed by atoms with Gasteiger partial charge in [0.1, 0.15) is 0 Å². The smallest absolute Gasteiger partial charge is 0.0278 e. The SMILES string of the molecule is CCC1CCC(NC)C(Sc2ccncc2)C1. The minimum Gasteiger partial charge on any atom is -0.316 e. The van der Waals surface area contributed by atoms with Crippen molar-refractivity contribution >= 4 is 11.8 Å². The Bertz CT molecular complexity index is 328. The molecule has 0 amide bonds. The molecule has 3 atom stereocenters. The number of rotatable bonds is 4. The fraction of sp³-hybridized carbons (Fsp3) is 0.643. The number of hydrogen-bond donors (Lipinski definition) is 1. The van der Waals surface area contributed by atoms with Crippen LogP contribution >= 0.6 is 11.8 Å². The van der Waals surface area contributed by atoms with Gasteiger partial charge in [-0.2, -0.15) is 0 Å². The van der Waals surface area contributed by atoms with Crippen LogP contribution in [0.4, 0.5) is 0 Å². The molecule has 1 N–H and O–H groups in total. The van der Waals surface area contributed by atoms with E-state index in [9.17, 15) is 0 Å². The maximum Gasteiger partial charge on any atom is 0.0278 e. The maximum absolute atomic E-state index is 4.08. The van der Waals surface area contributed by atoms with E-state index in [4.69, 9.17) is 0 Å². The zero-order valence-electron chi connectivity index (χ0n) is 10.7. The van der Waals surface area contributed by atoms with Crippen LogP contribution in [0.1, 0.15) is 32.6 Å². The first-order valence-corrected chi connectivity index (χ1v) is 7.45. The first-order valence-electron chi connectivity index (χ1n) is 6.57. The van der Waals surface area contributed by atoms with Crippen molar-refractivity contribution in [3.63, 3.8) is 0 Å². The van der Waals surface area contributed by atoms with Crippen molar-refractivity contribution in [3.05, 3.63) is 24.5 Å². The Balaban J connectivity index is 2.00. The van der Waals surface area contributed by atoms with Crippen LogP contribution in [0.3, 0.4) is 0 Å². The molecule has 1 aromatic heterocycles. The van der Waals surface area contributed by atoms with Gasteiger partial charge in [0.05, 0.1) is 0 Å². The van der Waals surface area contributed by atoms with Crippen molar-refractivity contribution in [3.8, 4) is 0 Å². The highest BCUT2D eigenvalue weighted by Gasteiger charge is 2.29. The Morgan fingerprint density at radius 1 is 1.35 bits per heavy atom. The van der Waals surface area contributed by atoms with Crippen LogP contribution in [0.15, 0.2) is 29.4 Å². The second kappa shape index (κ2) is 6.41. The Morgan fingerprint density at radius 3 is 2.76 bits per heavy atom. The average molecular weight is 250 g/mol. The summed E-state index contributed by atoms with van der Waals surface area (Å²) < 4.78 is 0. The second-order valence-electron chi connectivity index (χ2n) is 4.82. The van der Waals surface area contributed by atoms with Crippen molar-refractivity contribution < 1.29 is 0 Å². The Morgan fingerprint density at radius 2 is 2.12 bits per heavy atom. The summed E-state index contributed by atoms with van der Waals surface area (Å²) in [6, 6.07) is 4.90. The van der Waals surface area contributed by atoms with Crippen LogP contribution in [-0.2, 0) is 0 Å². The molecule has 3 heteroatoms. The maximum atomic E-state index is 4.08. The molecule has 0 bridgehead atoms. The van der Waals surface area contributed by atoms with Crippen LogP contribution in [0.2, 0.25) is 0 Å². The van der Waals surface area contributed by atoms with Gasteiger partial charge < -0.3 is 5.32 Å². The summed E-state index contributed by atoms with van der Waals surface area (Å²) in [4.78, 5) is 5.43. The zero-order chi connectivity index (χ0) is 12.1. The predicted molar refractivity (Wildman–Crippen MR) is 74.4 cm³/mol. The molecular weight excluding hydrogens is 228 g/mol. The van der Waals surface area contributed by atoms with E-state index in [2.05, 4.69) is 36.4 Å². The third-order valence-electron chi connectivity index (χ3n) is 3.79. The second-order valence-corrected chi connectivity index (χ2v) is 6.13. The van der Waals surface area contributed by atoms with E-state index >= 15 is 0 Å². The van der Waals surface area contributed by atoms with Crippen molar-refractivity contribution in [2.24, 2.45) is 5.92 Å². The lowest BCUT2D eigenvalue weighted by molar-refractivity contribution is 0.304. The van der Waals surface area contributed by atoms with Gasteiger partial charge >= 0.3 is 0 Å². The summed E-state index contributed by atoms with van der Waals surface area (Å²) in [7, 11) is 2.09. The van der Waals surface area contributed by atoms with Gasteiger partial charge in [0.15, 0.2) is 0 Å². The quantitative estimate of drug-likeness (QED) is 0.887. The standard InChI is InChI=1S/C14H22N2S/c1-3-11-4-5-13(15-2)14(10-11)17-12-6-8-16-9-7-12/h6-9,11,13-15H,3-5,10H2,1-2H3. The molecule has 17 heavy (non-hydrogen) atoms. The highest BCUT2D eigenvalue weighted by atomic mass is 32.2. The monoisotopic (exact) mass is 250 g/mol. The Labute approximate surface area is 109 Å². The van der Waals surface area contributed by atoms with Crippen LogP contribution < -0.4 is 5.32 Å². The molecule has 0 aromatic carbocycles. The summed E-state index contributed by atoms with van der Waals surface area (Å²) in [5, 5.41) is 4.19. The lowest BCUT2D eigenvalue weighted by Gasteiger charge is -2.35. The van der Waals surface area contributed by atoms with Crippen molar-refractivity contribution in [1.29, 1.82) is 0 Å². The molecule has 0 saturated heterocycles. The van der Waals surface area contributed by atoms with Gasteiger partial charge in [-0.15, -0.1) is 11.8 Å². The minimum atomic E-state index is 0.663. The van der Waals surface area contributed by atoms with E-state index in [0.29, 0.717) is 11.3 Å². The van der Waals surface area contributed by atoms with Crippen LogP contribution in [0.5, 0.6) is 0 Å². The lowest BCUT2D eigenvalue weighted by Crippen LogP contribution is -2.40. The van der Waals surface area contributed by atoms with Crippen molar-refractivity contribution in [1.82, 2.24) is 10.3 Å². The third-order valence-corrected chi connectivity index (χ3v) is 5.15. The largest absolute Gasteiger partial charge is 0.316 e. The summed E-state index contributed by atoms with van der Waals surface area (Å²) in [6.07, 6.45) is 9.14. The molecule has 0 radical (unpaired) electrons. The van der Waals surface area contributed by atoms with Crippen LogP contribution in [0, 0.1) is 5.92 Å². The number of aromatic nitrogens is 1. The van der Waals surface area contributed by atoms with E-state index in [0.717, 1.165) is 5.92 Å². The van der Waals surface area contributed by atoms with Gasteiger partial charge in [-0.05, 0) is 44.4 Å². The lowest BCUT2D eigenvalue weighted by atomic mass is 9.84. The molecule has 1 aliphatic carbocycles. The fourth-order valence-corrected chi connectivity index (χ4v) is 4.07. The molecular formula is C14H22N2S. The minimum absolute atomic E-state index is 0.663. The predicted octanol–water partition coefficient (Wildman–Crippen LogP) is 3.34. The summed E-state index contributed by atoms with van der Waals surface area (Å²) in [6.45, 7) is 2.32. The molecule has 0 spiro atoms. The Kier molecular flexibility index (Phi) is 4.86. The van der Waals surface area contributed by atoms with Gasteiger partial charge in [-0.1, -0.05) is 13.3 Å². The molecule has 0 aliphatic heterocycles. The number of nitrogens with zero attached hydrogens (tertiary/aromatic N) is 1. The molecule has 1 fully saturated rings. The molecule has 3 unspecified atom stereocenters. The van der Waals surface area contributed by atoms with E-state index < -0.39 is 0 Å². The number of nitrogens with one attached hydrogen (secondary N) is 1. The average Bonchev–Trinajstić information content (AvgIpc) is 2.40. The van der Waals surface area contributed by atoms with E-state index in [1.54, 1.807) is 0 Å². The highest BCUT2D eigenvalue weighted by molar-refractivity contribution is 8.00. The van der Waals surface area contributed by atoms with E-state index in [1.807, 2.05) is 24.2 Å². The summed E-state index contributed by atoms with van der Waals surface area (Å²) in [5.74, 6) is 0.916. The van der Waals surface area contributed by atoms with E-state index in [-0.39, 0.29) is 0 Å². The normalized spacial score (nSPS) is 29.2. The first-order chi connectivity index (χ1) is 8.33. The van der Waals surface area contributed by atoms with Gasteiger partial charge in [-0.25, -0.2) is 0 Å². The molecule has 1 saturated carbocycles. The number of pyridine rings is 1. The van der Waals surface area contributed by atoms with Crippen molar-refractivity contribution in [2.45, 2.75) is 48.8 Å². The topological polar surface area (TPSA) is 24.9 Å². The van der Waals surface area contributed by atoms with Gasteiger partial charge in [0.25, 0.3) is 0 Å². The van der Waals surface area contributed by atoms with Crippen LogP contribution in [0.25, 0.3) is 0 Å². The van der Waals surface area contributed by atoms with Crippen LogP contribution in [-0.4, -0.2) is 23.3 Å². The highest BCUT2D eigenvalue weighted by Crippen LogP contribution is 2.37. The summed E-state index contributed by atoms with van der Waals surface area (Å²) in [5.41, 5.74) is 0. The van der Waals surface area contributed by atoms with Gasteiger partial charge in [-0.3, -0.25) is 4.98 Å². The molecule has 1 aromatic rings. The molecule has 1 aliphatic rings. The molecule has 1 heterocycles. The van der Waals surface area contributed by atoms with Gasteiger partial charge in [0.2, 0.25) is 0 Å². The summed E-state index contributed by atoms with van der Waals surface area (Å²) >= 11 is 2.01. The number of hydrogen-bond acceptors (Lipinski definition) is 3.